The Labute approximate surface area is 167 Å². The van der Waals surface area contributed by atoms with Crippen molar-refractivity contribution in [3.63, 3.8) is 0 Å². The molecule has 0 saturated carbocycles. The van der Waals surface area contributed by atoms with Crippen molar-refractivity contribution in [2.24, 2.45) is 0 Å². The van der Waals surface area contributed by atoms with Crippen LogP contribution in [0, 0.1) is 18.3 Å². The van der Waals surface area contributed by atoms with Gasteiger partial charge in [-0.1, -0.05) is 6.07 Å². The fraction of sp³-hybridized carbons (Fsp3) is 0.211. The minimum Gasteiger partial charge on any atom is -0.339 e. The van der Waals surface area contributed by atoms with Crippen LogP contribution in [0.5, 0.6) is 0 Å². The molecule has 3 aromatic rings. The number of hydrogen-bond donors (Lipinski definition) is 2. The van der Waals surface area contributed by atoms with Crippen molar-refractivity contribution in [3.05, 3.63) is 53.5 Å². The largest absolute Gasteiger partial charge is 0.339 e. The highest BCUT2D eigenvalue weighted by Crippen LogP contribution is 2.27. The van der Waals surface area contributed by atoms with Crippen molar-refractivity contribution < 1.29 is 4.79 Å². The molecule has 9 heteroatoms. The van der Waals surface area contributed by atoms with Gasteiger partial charge in [-0.15, -0.1) is 11.8 Å². The minimum atomic E-state index is -0.244. The maximum Gasteiger partial charge on any atom is 0.256 e. The monoisotopic (exact) mass is 393 g/mol. The van der Waals surface area contributed by atoms with Gasteiger partial charge in [0, 0.05) is 23.9 Å². The Kier molecular flexibility index (Phi) is 5.91. The first-order valence-corrected chi connectivity index (χ1v) is 9.79. The van der Waals surface area contributed by atoms with Gasteiger partial charge in [0.05, 0.1) is 6.20 Å². The molecule has 0 aliphatic carbocycles. The Morgan fingerprint density at radius 1 is 1.32 bits per heavy atom. The average molecular weight is 393 g/mol. The quantitative estimate of drug-likeness (QED) is 0.486. The highest BCUT2D eigenvalue weighted by atomic mass is 32.2. The second kappa shape index (κ2) is 8.54. The van der Waals surface area contributed by atoms with Crippen molar-refractivity contribution >= 4 is 35.0 Å². The van der Waals surface area contributed by atoms with Gasteiger partial charge in [-0.3, -0.25) is 4.79 Å². The van der Waals surface area contributed by atoms with Crippen molar-refractivity contribution in [1.29, 1.82) is 5.26 Å². The molecule has 0 aliphatic rings. The van der Waals surface area contributed by atoms with Crippen LogP contribution in [0.3, 0.4) is 0 Å². The minimum absolute atomic E-state index is 0.244. The first-order valence-electron chi connectivity index (χ1n) is 8.57. The van der Waals surface area contributed by atoms with Crippen LogP contribution < -0.4 is 10.6 Å². The number of hydrogen-bond acceptors (Lipinski definition) is 7. The molecular weight excluding hydrogens is 374 g/mol. The molecule has 0 bridgehead atoms. The molecule has 2 N–H and O–H groups in total. The van der Waals surface area contributed by atoms with Gasteiger partial charge in [-0.05, 0) is 37.8 Å². The maximum atomic E-state index is 12.7. The molecule has 1 amide bonds. The predicted molar refractivity (Wildman–Crippen MR) is 109 cm³/mol. The Morgan fingerprint density at radius 2 is 2.14 bits per heavy atom. The zero-order valence-electron chi connectivity index (χ0n) is 15.7. The molecule has 0 saturated heterocycles. The fourth-order valence-corrected chi connectivity index (χ4v) is 3.12. The maximum absolute atomic E-state index is 12.7. The molecular formula is C19H19N7OS. The van der Waals surface area contributed by atoms with E-state index < -0.39 is 0 Å². The van der Waals surface area contributed by atoms with Gasteiger partial charge in [0.2, 0.25) is 0 Å². The van der Waals surface area contributed by atoms with Crippen LogP contribution in [0.1, 0.15) is 28.4 Å². The third-order valence-corrected chi connectivity index (χ3v) is 4.82. The summed E-state index contributed by atoms with van der Waals surface area (Å²) in [4.78, 5) is 21.0. The molecule has 2 heterocycles. The molecule has 0 spiro atoms. The molecule has 0 radical (unpaired) electrons. The van der Waals surface area contributed by atoms with Gasteiger partial charge in [0.25, 0.3) is 5.91 Å². The number of nitrogens with zero attached hydrogens (tertiary/aromatic N) is 5. The van der Waals surface area contributed by atoms with Crippen LogP contribution in [-0.4, -0.2) is 31.9 Å². The molecule has 0 fully saturated rings. The number of thioether (sulfide) groups is 1. The third kappa shape index (κ3) is 3.97. The molecule has 1 aromatic carbocycles. The fourth-order valence-electron chi connectivity index (χ4n) is 2.62. The molecule has 142 valence electrons. The van der Waals surface area contributed by atoms with Crippen molar-refractivity contribution in [2.45, 2.75) is 25.4 Å². The molecule has 2 aromatic heterocycles. The number of aromatic nitrogens is 4. The summed E-state index contributed by atoms with van der Waals surface area (Å²) < 4.78 is 1.70. The molecule has 0 unspecified atom stereocenters. The predicted octanol–water partition coefficient (Wildman–Crippen LogP) is 3.59. The number of amides is 1. The lowest BCUT2D eigenvalue weighted by molar-refractivity contribution is 0.102. The number of carbonyl (C=O) groups excluding carboxylic acids is 1. The number of nitriles is 1. The SMILES string of the molecule is CCn1nccc1NC(=O)c1ccc(C)c(Nc2ncnc(SC)c2C#N)c1. The second-order valence-electron chi connectivity index (χ2n) is 5.86. The summed E-state index contributed by atoms with van der Waals surface area (Å²) >= 11 is 1.38. The van der Waals surface area contributed by atoms with E-state index in [4.69, 9.17) is 0 Å². The van der Waals surface area contributed by atoms with Gasteiger partial charge in [0.15, 0.2) is 5.82 Å². The van der Waals surface area contributed by atoms with Crippen LogP contribution in [0.2, 0.25) is 0 Å². The number of carbonyl (C=O) groups is 1. The van der Waals surface area contributed by atoms with Crippen molar-refractivity contribution in [3.8, 4) is 6.07 Å². The summed E-state index contributed by atoms with van der Waals surface area (Å²) in [6.07, 6.45) is 4.90. The van der Waals surface area contributed by atoms with Gasteiger partial charge in [0.1, 0.15) is 28.8 Å². The van der Waals surface area contributed by atoms with Gasteiger partial charge in [-0.2, -0.15) is 10.4 Å². The lowest BCUT2D eigenvalue weighted by Gasteiger charge is -2.13. The summed E-state index contributed by atoms with van der Waals surface area (Å²) in [5.74, 6) is 0.799. The standard InChI is InChI=1S/C19H19N7OS/c1-4-26-16(7-8-23-26)25-18(27)13-6-5-12(2)15(9-13)24-17-14(10-20)19(28-3)22-11-21-17/h5-9,11H,4H2,1-3H3,(H,25,27)(H,21,22,24). The second-order valence-corrected chi connectivity index (χ2v) is 6.65. The average Bonchev–Trinajstić information content (AvgIpc) is 3.16. The van der Waals surface area contributed by atoms with Crippen LogP contribution in [0.15, 0.2) is 41.8 Å². The first kappa shape index (κ1) is 19.4. The van der Waals surface area contributed by atoms with E-state index >= 15 is 0 Å². The Hall–Kier alpha value is -3.38. The van der Waals surface area contributed by atoms with E-state index in [1.54, 1.807) is 29.1 Å². The van der Waals surface area contributed by atoms with Crippen LogP contribution >= 0.6 is 11.8 Å². The van der Waals surface area contributed by atoms with Crippen molar-refractivity contribution in [1.82, 2.24) is 19.7 Å². The summed E-state index contributed by atoms with van der Waals surface area (Å²) in [5, 5.41) is 20.2. The van der Waals surface area contributed by atoms with Crippen molar-refractivity contribution in [2.75, 3.05) is 16.9 Å². The molecule has 28 heavy (non-hydrogen) atoms. The zero-order valence-corrected chi connectivity index (χ0v) is 16.5. The van der Waals surface area contributed by atoms with E-state index in [1.807, 2.05) is 26.2 Å². The van der Waals surface area contributed by atoms with E-state index in [0.29, 0.717) is 40.0 Å². The number of benzene rings is 1. The molecule has 0 atom stereocenters. The summed E-state index contributed by atoms with van der Waals surface area (Å²) in [6, 6.07) is 9.22. The number of nitrogens with one attached hydrogen (secondary N) is 2. The Bertz CT molecular complexity index is 1050. The lowest BCUT2D eigenvalue weighted by atomic mass is 10.1. The summed E-state index contributed by atoms with van der Waals surface area (Å²) in [5.41, 5.74) is 2.47. The Balaban J connectivity index is 1.88. The number of anilines is 3. The molecule has 3 rings (SSSR count). The first-order chi connectivity index (χ1) is 13.6. The van der Waals surface area contributed by atoms with Crippen LogP contribution in [-0.2, 0) is 6.54 Å². The normalized spacial score (nSPS) is 10.4. The van der Waals surface area contributed by atoms with Gasteiger partial charge < -0.3 is 10.6 Å². The lowest BCUT2D eigenvalue weighted by Crippen LogP contribution is -2.15. The van der Waals surface area contributed by atoms with E-state index in [1.165, 1.54) is 18.1 Å². The van der Waals surface area contributed by atoms with E-state index in [2.05, 4.69) is 31.8 Å². The highest BCUT2D eigenvalue weighted by Gasteiger charge is 2.14. The van der Waals surface area contributed by atoms with Crippen LogP contribution in [0.4, 0.5) is 17.3 Å². The van der Waals surface area contributed by atoms with Crippen LogP contribution in [0.25, 0.3) is 0 Å². The highest BCUT2D eigenvalue weighted by molar-refractivity contribution is 7.98. The van der Waals surface area contributed by atoms with E-state index in [-0.39, 0.29) is 5.91 Å². The third-order valence-electron chi connectivity index (χ3n) is 4.13. The molecule has 8 nitrogen and oxygen atoms in total. The zero-order chi connectivity index (χ0) is 20.1. The summed E-state index contributed by atoms with van der Waals surface area (Å²) in [7, 11) is 0. The van der Waals surface area contributed by atoms with Gasteiger partial charge in [-0.25, -0.2) is 14.6 Å². The van der Waals surface area contributed by atoms with E-state index in [9.17, 15) is 10.1 Å². The summed E-state index contributed by atoms with van der Waals surface area (Å²) in [6.45, 7) is 4.53. The Morgan fingerprint density at radius 3 is 2.86 bits per heavy atom. The number of rotatable bonds is 6. The number of aryl methyl sites for hydroxylation is 2. The smallest absolute Gasteiger partial charge is 0.256 e. The molecule has 0 aliphatic heterocycles. The van der Waals surface area contributed by atoms with E-state index in [0.717, 1.165) is 5.56 Å². The van der Waals surface area contributed by atoms with Gasteiger partial charge >= 0.3 is 0 Å². The topological polar surface area (TPSA) is 109 Å².